The molecule has 2 fully saturated rings. The summed E-state index contributed by atoms with van der Waals surface area (Å²) < 4.78 is 0. The van der Waals surface area contributed by atoms with Gasteiger partial charge < -0.3 is 19.8 Å². The summed E-state index contributed by atoms with van der Waals surface area (Å²) >= 11 is 0. The van der Waals surface area contributed by atoms with Gasteiger partial charge in [0.25, 0.3) is 18.6 Å². The Balaban J connectivity index is 0.00000137. The van der Waals surface area contributed by atoms with Gasteiger partial charge in [0.05, 0.1) is 0 Å². The van der Waals surface area contributed by atoms with Crippen molar-refractivity contribution in [2.45, 2.75) is 67.0 Å². The predicted molar refractivity (Wildman–Crippen MR) is 148 cm³/mol. The highest BCUT2D eigenvalue weighted by Crippen LogP contribution is 2.28. The topological polar surface area (TPSA) is 105 Å². The summed E-state index contributed by atoms with van der Waals surface area (Å²) in [4.78, 5) is 39.9. The Bertz CT molecular complexity index is 865. The first-order chi connectivity index (χ1) is 17.1. The molecule has 200 valence electrons. The van der Waals surface area contributed by atoms with Crippen molar-refractivity contribution < 1.29 is 19.5 Å². The van der Waals surface area contributed by atoms with E-state index in [0.29, 0.717) is 0 Å². The Hall–Kier alpha value is -3.02. The average molecular weight is 500 g/mol. The normalized spacial score (nSPS) is 15.0. The molecule has 1 aromatic carbocycles. The number of carbonyl (C=O) groups is 3. The van der Waals surface area contributed by atoms with Gasteiger partial charge in [-0.05, 0) is 43.5 Å². The fraction of sp³-hybridized carbons (Fsp3) is 0.630. The minimum Gasteiger partial charge on any atom is -0.481 e. The van der Waals surface area contributed by atoms with E-state index < -0.39 is 5.97 Å². The molecule has 1 aromatic rings. The zero-order valence-electron chi connectivity index (χ0n) is 23.5. The summed E-state index contributed by atoms with van der Waals surface area (Å²) in [6.07, 6.45) is 3.39. The SMILES string of the molecule is CC.CC.CC(=O)O.Cc1cc(N2CCN(C(=O)C3CCB(C#N)CC3)CC2)ccc1C(=O)N(C)C. The van der Waals surface area contributed by atoms with Crippen LogP contribution < -0.4 is 4.90 Å². The number of piperazine rings is 1. The van der Waals surface area contributed by atoms with Gasteiger partial charge in [0, 0.05) is 70.3 Å². The van der Waals surface area contributed by atoms with Gasteiger partial charge >= 0.3 is 0 Å². The summed E-state index contributed by atoms with van der Waals surface area (Å²) in [6.45, 7) is 14.3. The molecule has 2 saturated heterocycles. The molecule has 9 heteroatoms. The second-order valence-electron chi connectivity index (χ2n) is 8.71. The van der Waals surface area contributed by atoms with Crippen LogP contribution in [0.5, 0.6) is 0 Å². The maximum absolute atomic E-state index is 12.8. The van der Waals surface area contributed by atoms with E-state index in [9.17, 15) is 9.59 Å². The van der Waals surface area contributed by atoms with Crippen LogP contribution in [0.2, 0.25) is 12.6 Å². The second-order valence-corrected chi connectivity index (χ2v) is 8.71. The van der Waals surface area contributed by atoms with Crippen LogP contribution in [0.1, 0.15) is 63.4 Å². The lowest BCUT2D eigenvalue weighted by Crippen LogP contribution is -2.51. The third-order valence-electron chi connectivity index (χ3n) is 6.06. The van der Waals surface area contributed by atoms with E-state index in [0.717, 1.165) is 75.4 Å². The van der Waals surface area contributed by atoms with Gasteiger partial charge in [-0.3, -0.25) is 14.4 Å². The summed E-state index contributed by atoms with van der Waals surface area (Å²) in [5, 5.41) is 16.4. The van der Waals surface area contributed by atoms with Gasteiger partial charge in [-0.15, -0.1) is 0 Å². The van der Waals surface area contributed by atoms with Crippen molar-refractivity contribution >= 4 is 30.2 Å². The highest BCUT2D eigenvalue weighted by molar-refractivity contribution is 6.67. The van der Waals surface area contributed by atoms with Crippen molar-refractivity contribution in [1.82, 2.24) is 9.80 Å². The zero-order valence-corrected chi connectivity index (χ0v) is 23.5. The highest BCUT2D eigenvalue weighted by atomic mass is 16.4. The fourth-order valence-corrected chi connectivity index (χ4v) is 4.24. The van der Waals surface area contributed by atoms with Crippen molar-refractivity contribution in [2.24, 2.45) is 5.92 Å². The molecule has 8 nitrogen and oxygen atoms in total. The van der Waals surface area contributed by atoms with E-state index in [-0.39, 0.29) is 24.4 Å². The van der Waals surface area contributed by atoms with Crippen molar-refractivity contribution in [2.75, 3.05) is 45.2 Å². The smallest absolute Gasteiger partial charge is 0.300 e. The number of carboxylic acids is 1. The van der Waals surface area contributed by atoms with Crippen molar-refractivity contribution in [3.63, 3.8) is 0 Å². The van der Waals surface area contributed by atoms with E-state index in [1.807, 2.05) is 51.7 Å². The molecule has 3 rings (SSSR count). The number of aliphatic carboxylic acids is 1. The number of aryl methyl sites for hydroxylation is 1. The first-order valence-electron chi connectivity index (χ1n) is 13.1. The Kier molecular flexibility index (Phi) is 16.0. The van der Waals surface area contributed by atoms with Gasteiger partial charge in [-0.1, -0.05) is 40.3 Å². The Morgan fingerprint density at radius 2 is 1.53 bits per heavy atom. The van der Waals surface area contributed by atoms with Crippen LogP contribution in [-0.2, 0) is 9.59 Å². The molecule has 0 unspecified atom stereocenters. The lowest BCUT2D eigenvalue weighted by atomic mass is 9.42. The third kappa shape index (κ3) is 10.3. The molecule has 0 atom stereocenters. The molecule has 1 N–H and O–H groups in total. The molecule has 36 heavy (non-hydrogen) atoms. The van der Waals surface area contributed by atoms with Crippen LogP contribution in [0.4, 0.5) is 5.69 Å². The fourth-order valence-electron chi connectivity index (χ4n) is 4.24. The molecular weight excluding hydrogens is 455 g/mol. The van der Waals surface area contributed by atoms with E-state index in [4.69, 9.17) is 15.2 Å². The summed E-state index contributed by atoms with van der Waals surface area (Å²) in [5.41, 5.74) is 2.81. The van der Waals surface area contributed by atoms with E-state index in [1.165, 1.54) is 0 Å². The summed E-state index contributed by atoms with van der Waals surface area (Å²) in [6, 6.07) is 5.97. The molecule has 2 aliphatic heterocycles. The van der Waals surface area contributed by atoms with Crippen molar-refractivity contribution in [3.05, 3.63) is 29.3 Å². The standard InChI is InChI=1S/C21H29BN4O2.C2H4O2.2C2H6/c1-16-14-18(4-5-19(16)21(28)24(2)3)25-10-12-26(13-11-25)20(27)17-6-8-22(15-23)9-7-17;1-2(3)4;2*1-2/h4-5,14,17H,6-13H2,1-3H3;1H3,(H,3,4);2*1-2H3. The lowest BCUT2D eigenvalue weighted by Gasteiger charge is -2.38. The molecule has 0 aliphatic carbocycles. The van der Waals surface area contributed by atoms with Gasteiger partial charge in [-0.2, -0.15) is 0 Å². The molecule has 0 spiro atoms. The van der Waals surface area contributed by atoms with Crippen LogP contribution in [-0.4, -0.2) is 79.7 Å². The van der Waals surface area contributed by atoms with Crippen LogP contribution in [0.25, 0.3) is 0 Å². The number of anilines is 1. The Morgan fingerprint density at radius 3 is 1.94 bits per heavy atom. The minimum atomic E-state index is -0.833. The largest absolute Gasteiger partial charge is 0.481 e. The summed E-state index contributed by atoms with van der Waals surface area (Å²) in [5.74, 6) is 1.87. The maximum Gasteiger partial charge on any atom is 0.300 e. The first-order valence-corrected chi connectivity index (χ1v) is 13.1. The predicted octanol–water partition coefficient (Wildman–Crippen LogP) is 4.46. The van der Waals surface area contributed by atoms with Gasteiger partial charge in [0.15, 0.2) is 0 Å². The molecule has 0 saturated carbocycles. The molecule has 0 radical (unpaired) electrons. The average Bonchev–Trinajstić information content (AvgIpc) is 2.90. The molecule has 2 amide bonds. The highest BCUT2D eigenvalue weighted by Gasteiger charge is 2.32. The van der Waals surface area contributed by atoms with Gasteiger partial charge in [-0.25, -0.2) is 5.26 Å². The number of hydrogen-bond donors (Lipinski definition) is 1. The van der Waals surface area contributed by atoms with Crippen molar-refractivity contribution in [3.8, 4) is 5.97 Å². The van der Waals surface area contributed by atoms with Crippen LogP contribution in [0.3, 0.4) is 0 Å². The van der Waals surface area contributed by atoms with E-state index in [2.05, 4.69) is 16.9 Å². The van der Waals surface area contributed by atoms with Crippen LogP contribution in [0.15, 0.2) is 18.2 Å². The molecule has 2 aliphatic rings. The number of benzene rings is 1. The van der Waals surface area contributed by atoms with Crippen molar-refractivity contribution in [1.29, 1.82) is 5.26 Å². The van der Waals surface area contributed by atoms with Crippen LogP contribution >= 0.6 is 0 Å². The van der Waals surface area contributed by atoms with Gasteiger partial charge in [0.1, 0.15) is 0 Å². The van der Waals surface area contributed by atoms with E-state index >= 15 is 0 Å². The maximum atomic E-state index is 12.8. The van der Waals surface area contributed by atoms with Crippen LogP contribution in [0, 0.1) is 24.1 Å². The minimum absolute atomic E-state index is 0.0191. The quantitative estimate of drug-likeness (QED) is 0.615. The number of nitrogens with zero attached hydrogens (tertiary/aromatic N) is 4. The monoisotopic (exact) mass is 500 g/mol. The number of amides is 2. The number of carbonyl (C=O) groups excluding carboxylic acids is 2. The molecule has 2 heterocycles. The zero-order chi connectivity index (χ0) is 27.8. The first kappa shape index (κ1) is 33.0. The van der Waals surface area contributed by atoms with E-state index in [1.54, 1.807) is 19.0 Å². The Morgan fingerprint density at radius 1 is 1.03 bits per heavy atom. The lowest BCUT2D eigenvalue weighted by molar-refractivity contribution is -0.136. The number of hydrogen-bond acceptors (Lipinski definition) is 5. The van der Waals surface area contributed by atoms with Gasteiger partial charge in [0.2, 0.25) is 5.91 Å². The molecule has 0 bridgehead atoms. The molecule has 0 aromatic heterocycles. The Labute approximate surface area is 218 Å². The molecular formula is C27H45BN4O4. The summed E-state index contributed by atoms with van der Waals surface area (Å²) in [7, 11) is 3.53. The number of rotatable bonds is 3. The second kappa shape index (κ2) is 17.4. The number of nitriles is 1. The number of carboxylic acid groups (broad SMARTS) is 1. The third-order valence-corrected chi connectivity index (χ3v) is 6.06.